The number of aryl methyl sites for hydroxylation is 1. The molecule has 0 bridgehead atoms. The first-order valence-electron chi connectivity index (χ1n) is 11.1. The van der Waals surface area contributed by atoms with Crippen LogP contribution in [0.15, 0.2) is 70.7 Å². The van der Waals surface area contributed by atoms with Crippen LogP contribution in [0.3, 0.4) is 0 Å². The number of halogens is 2. The van der Waals surface area contributed by atoms with E-state index in [0.29, 0.717) is 33.2 Å². The van der Waals surface area contributed by atoms with Gasteiger partial charge in [-0.3, -0.25) is 14.9 Å². The van der Waals surface area contributed by atoms with Crippen LogP contribution in [0.1, 0.15) is 11.1 Å². The first-order chi connectivity index (χ1) is 17.8. The van der Waals surface area contributed by atoms with Crippen molar-refractivity contribution in [2.45, 2.75) is 6.92 Å². The van der Waals surface area contributed by atoms with Crippen molar-refractivity contribution < 1.29 is 28.6 Å². The van der Waals surface area contributed by atoms with E-state index in [2.05, 4.69) is 21.2 Å². The Balaban J connectivity index is 1.53. The number of amides is 4. The Morgan fingerprint density at radius 1 is 1.00 bits per heavy atom. The van der Waals surface area contributed by atoms with Gasteiger partial charge in [-0.15, -0.1) is 0 Å². The van der Waals surface area contributed by atoms with E-state index in [4.69, 9.17) is 25.8 Å². The van der Waals surface area contributed by atoms with Gasteiger partial charge in [0.05, 0.1) is 17.3 Å². The number of nitrogens with zero attached hydrogens (tertiary/aromatic N) is 1. The Bertz CT molecular complexity index is 1390. The number of nitrogens with one attached hydrogen (secondary N) is 1. The van der Waals surface area contributed by atoms with Crippen LogP contribution in [0.2, 0.25) is 5.02 Å². The highest BCUT2D eigenvalue weighted by Gasteiger charge is 2.36. The normalized spacial score (nSPS) is 14.5. The minimum atomic E-state index is -0.843. The molecule has 1 aliphatic rings. The highest BCUT2D eigenvalue weighted by atomic mass is 79.9. The Hall–Kier alpha value is -3.82. The number of benzene rings is 3. The number of rotatable bonds is 8. The second-order valence-electron chi connectivity index (χ2n) is 7.98. The first-order valence-corrected chi connectivity index (χ1v) is 12.3. The molecule has 0 spiro atoms. The second kappa shape index (κ2) is 11.5. The van der Waals surface area contributed by atoms with E-state index in [1.54, 1.807) is 24.3 Å². The third-order valence-corrected chi connectivity index (χ3v) is 6.18. The van der Waals surface area contributed by atoms with E-state index in [1.807, 2.05) is 31.2 Å². The summed E-state index contributed by atoms with van der Waals surface area (Å²) in [5.41, 5.74) is 1.64. The van der Waals surface area contributed by atoms with Gasteiger partial charge in [-0.25, -0.2) is 9.69 Å². The third-order valence-electron chi connectivity index (χ3n) is 5.34. The quantitative estimate of drug-likeness (QED) is 0.212. The highest BCUT2D eigenvalue weighted by molar-refractivity contribution is 9.10. The summed E-state index contributed by atoms with van der Waals surface area (Å²) in [4.78, 5) is 38.9. The molecule has 1 N–H and O–H groups in total. The second-order valence-corrected chi connectivity index (χ2v) is 9.27. The van der Waals surface area contributed by atoms with Crippen molar-refractivity contribution in [2.24, 2.45) is 0 Å². The summed E-state index contributed by atoms with van der Waals surface area (Å²) in [6.45, 7) is 2.55. The minimum absolute atomic E-state index is 0.219. The molecule has 4 rings (SSSR count). The van der Waals surface area contributed by atoms with Gasteiger partial charge in [0.15, 0.2) is 11.5 Å². The molecule has 0 radical (unpaired) electrons. The Morgan fingerprint density at radius 2 is 1.73 bits per heavy atom. The smallest absolute Gasteiger partial charge is 0.335 e. The monoisotopic (exact) mass is 584 g/mol. The predicted molar refractivity (Wildman–Crippen MR) is 143 cm³/mol. The van der Waals surface area contributed by atoms with Gasteiger partial charge in [0.1, 0.15) is 24.5 Å². The van der Waals surface area contributed by atoms with Gasteiger partial charge < -0.3 is 14.2 Å². The molecule has 0 aromatic heterocycles. The molecule has 0 aliphatic carbocycles. The fourth-order valence-corrected chi connectivity index (χ4v) is 4.32. The van der Waals surface area contributed by atoms with E-state index in [-0.39, 0.29) is 17.9 Å². The molecular weight excluding hydrogens is 564 g/mol. The summed E-state index contributed by atoms with van der Waals surface area (Å²) < 4.78 is 17.6. The molecule has 3 aromatic carbocycles. The van der Waals surface area contributed by atoms with Gasteiger partial charge in [0.25, 0.3) is 11.8 Å². The number of imide groups is 2. The summed E-state index contributed by atoms with van der Waals surface area (Å²) in [6, 6.07) is 16.3. The molecule has 1 aliphatic heterocycles. The number of hydrogen-bond donors (Lipinski definition) is 1. The number of hydrogen-bond acceptors (Lipinski definition) is 6. The molecule has 1 heterocycles. The number of carbonyl (C=O) groups excluding carboxylic acids is 3. The topological polar surface area (TPSA) is 94.2 Å². The van der Waals surface area contributed by atoms with E-state index in [0.717, 1.165) is 16.2 Å². The van der Waals surface area contributed by atoms with Crippen molar-refractivity contribution in [1.29, 1.82) is 0 Å². The van der Waals surface area contributed by atoms with E-state index in [1.165, 1.54) is 25.3 Å². The molecule has 3 aromatic rings. The Kier molecular flexibility index (Phi) is 8.15. The standard InChI is InChI=1S/C27H22BrClN2O6/c1-16-4-3-5-20(12-16)36-10-11-37-24-22(28)14-17(15-23(24)35-2)13-21-25(32)30-27(34)31(26(21)33)19-8-6-18(29)7-9-19/h3-9,12-15H,10-11H2,1-2H3,(H,30,32,34)/b21-13-. The van der Waals surface area contributed by atoms with Crippen molar-refractivity contribution in [2.75, 3.05) is 25.2 Å². The van der Waals surface area contributed by atoms with Crippen molar-refractivity contribution >= 4 is 57.1 Å². The average molecular weight is 586 g/mol. The van der Waals surface area contributed by atoms with Crippen molar-refractivity contribution in [3.8, 4) is 17.2 Å². The minimum Gasteiger partial charge on any atom is -0.493 e. The van der Waals surface area contributed by atoms with E-state index in [9.17, 15) is 14.4 Å². The van der Waals surface area contributed by atoms with Crippen LogP contribution >= 0.6 is 27.5 Å². The van der Waals surface area contributed by atoms with Crippen LogP contribution in [0.25, 0.3) is 6.08 Å². The van der Waals surface area contributed by atoms with Gasteiger partial charge in [-0.1, -0.05) is 23.7 Å². The van der Waals surface area contributed by atoms with Crippen molar-refractivity contribution in [3.63, 3.8) is 0 Å². The summed E-state index contributed by atoms with van der Waals surface area (Å²) in [7, 11) is 1.48. The lowest BCUT2D eigenvalue weighted by Gasteiger charge is -2.26. The molecule has 4 amide bonds. The molecule has 10 heteroatoms. The maximum atomic E-state index is 13.1. The molecule has 0 saturated carbocycles. The van der Waals surface area contributed by atoms with Crippen LogP contribution < -0.4 is 24.4 Å². The highest BCUT2D eigenvalue weighted by Crippen LogP contribution is 2.37. The summed E-state index contributed by atoms with van der Waals surface area (Å²) >= 11 is 9.38. The molecule has 1 saturated heterocycles. The van der Waals surface area contributed by atoms with Gasteiger partial charge >= 0.3 is 6.03 Å². The van der Waals surface area contributed by atoms with E-state index >= 15 is 0 Å². The number of ether oxygens (including phenoxy) is 3. The fraction of sp³-hybridized carbons (Fsp3) is 0.148. The fourth-order valence-electron chi connectivity index (χ4n) is 3.62. The van der Waals surface area contributed by atoms with Gasteiger partial charge in [0, 0.05) is 5.02 Å². The van der Waals surface area contributed by atoms with Gasteiger partial charge in [-0.05, 0) is 88.6 Å². The maximum absolute atomic E-state index is 13.1. The number of carbonyl (C=O) groups is 3. The Labute approximate surface area is 226 Å². The summed E-state index contributed by atoms with van der Waals surface area (Å²) in [5.74, 6) is 0.00262. The molecule has 0 atom stereocenters. The maximum Gasteiger partial charge on any atom is 0.335 e. The SMILES string of the molecule is COc1cc(/C=C2/C(=O)NC(=O)N(c3ccc(Cl)cc3)C2=O)cc(Br)c1OCCOc1cccc(C)c1. The summed E-state index contributed by atoms with van der Waals surface area (Å²) in [5, 5.41) is 2.64. The zero-order valence-corrected chi connectivity index (χ0v) is 22.3. The average Bonchev–Trinajstić information content (AvgIpc) is 2.86. The zero-order chi connectivity index (χ0) is 26.5. The molecular formula is C27H22BrClN2O6. The van der Waals surface area contributed by atoms with Gasteiger partial charge in [-0.2, -0.15) is 0 Å². The lowest BCUT2D eigenvalue weighted by Crippen LogP contribution is -2.54. The largest absolute Gasteiger partial charge is 0.493 e. The molecule has 0 unspecified atom stereocenters. The van der Waals surface area contributed by atoms with Crippen LogP contribution in [0.5, 0.6) is 17.2 Å². The van der Waals surface area contributed by atoms with E-state index < -0.39 is 17.8 Å². The Morgan fingerprint density at radius 3 is 2.43 bits per heavy atom. The van der Waals surface area contributed by atoms with Gasteiger partial charge in [0.2, 0.25) is 0 Å². The van der Waals surface area contributed by atoms with Crippen LogP contribution in [-0.4, -0.2) is 38.2 Å². The van der Waals surface area contributed by atoms with Crippen molar-refractivity contribution in [1.82, 2.24) is 5.32 Å². The van der Waals surface area contributed by atoms with Crippen LogP contribution in [-0.2, 0) is 9.59 Å². The van der Waals surface area contributed by atoms with Crippen LogP contribution in [0.4, 0.5) is 10.5 Å². The van der Waals surface area contributed by atoms with Crippen LogP contribution in [0, 0.1) is 6.92 Å². The molecule has 37 heavy (non-hydrogen) atoms. The first kappa shape index (κ1) is 26.2. The molecule has 1 fully saturated rings. The third kappa shape index (κ3) is 6.12. The lowest BCUT2D eigenvalue weighted by molar-refractivity contribution is -0.122. The predicted octanol–water partition coefficient (Wildman–Crippen LogP) is 5.54. The molecule has 190 valence electrons. The van der Waals surface area contributed by atoms with Crippen molar-refractivity contribution in [3.05, 3.63) is 86.9 Å². The number of urea groups is 1. The summed E-state index contributed by atoms with van der Waals surface area (Å²) in [6.07, 6.45) is 1.38. The zero-order valence-electron chi connectivity index (χ0n) is 19.9. The number of barbiturate groups is 1. The lowest BCUT2D eigenvalue weighted by atomic mass is 10.1. The number of methoxy groups -OCH3 is 1. The molecule has 8 nitrogen and oxygen atoms in total. The number of anilines is 1.